The summed E-state index contributed by atoms with van der Waals surface area (Å²) in [5.41, 5.74) is -1.87. The Labute approximate surface area is 108 Å². The minimum absolute atomic E-state index is 0.0180. The summed E-state index contributed by atoms with van der Waals surface area (Å²) in [7, 11) is 0. The van der Waals surface area contributed by atoms with Crippen LogP contribution in [0.5, 0.6) is 0 Å². The molecule has 104 valence electrons. The number of ether oxygens (including phenoxy) is 1. The van der Waals surface area contributed by atoms with Gasteiger partial charge in [-0.1, -0.05) is 13.8 Å². The first-order valence-corrected chi connectivity index (χ1v) is 5.58. The van der Waals surface area contributed by atoms with E-state index in [-0.39, 0.29) is 5.92 Å². The molecule has 0 aliphatic heterocycles. The van der Waals surface area contributed by atoms with Crippen LogP contribution in [-0.2, 0) is 4.74 Å². The van der Waals surface area contributed by atoms with E-state index in [1.165, 1.54) is 0 Å². The van der Waals surface area contributed by atoms with Gasteiger partial charge >= 0.3 is 11.7 Å². The molecule has 0 aliphatic carbocycles. The number of hydrogen-bond acceptors (Lipinski definition) is 4. The summed E-state index contributed by atoms with van der Waals surface area (Å²) >= 11 is 0. The number of nitrogens with zero attached hydrogens (tertiary/aromatic N) is 1. The van der Waals surface area contributed by atoms with E-state index in [1.54, 1.807) is 20.8 Å². The molecule has 0 amide bonds. The normalized spacial score (nSPS) is 12.3. The standard InChI is InChI=1S/C12H13F2NO4/c1-6(2)7(3)19-12(16)9-4-8(13)5-10(11(9)14)15(17)18/h4-7H,1-3H3. The molecule has 0 N–H and O–H groups in total. The molecule has 0 saturated heterocycles. The molecule has 0 heterocycles. The zero-order valence-electron chi connectivity index (χ0n) is 10.6. The van der Waals surface area contributed by atoms with Crippen LogP contribution in [0.25, 0.3) is 0 Å². The second kappa shape index (κ2) is 5.73. The number of halogens is 2. The minimum Gasteiger partial charge on any atom is -0.459 e. The molecule has 1 aromatic rings. The van der Waals surface area contributed by atoms with Crippen LogP contribution >= 0.6 is 0 Å². The van der Waals surface area contributed by atoms with Crippen molar-refractivity contribution >= 4 is 11.7 Å². The molecule has 0 radical (unpaired) electrons. The van der Waals surface area contributed by atoms with Gasteiger partial charge in [-0.05, 0) is 18.9 Å². The highest BCUT2D eigenvalue weighted by Crippen LogP contribution is 2.23. The fraction of sp³-hybridized carbons (Fsp3) is 0.417. The van der Waals surface area contributed by atoms with E-state index in [0.717, 1.165) is 0 Å². The van der Waals surface area contributed by atoms with Crippen molar-refractivity contribution in [3.05, 3.63) is 39.4 Å². The lowest BCUT2D eigenvalue weighted by Gasteiger charge is -2.16. The first-order chi connectivity index (χ1) is 8.73. The Hall–Kier alpha value is -2.05. The van der Waals surface area contributed by atoms with Gasteiger partial charge in [0.15, 0.2) is 0 Å². The lowest BCUT2D eigenvalue weighted by Crippen LogP contribution is -2.21. The Bertz CT molecular complexity index is 517. The second-order valence-electron chi connectivity index (χ2n) is 4.40. The summed E-state index contributed by atoms with van der Waals surface area (Å²) in [4.78, 5) is 21.1. The highest BCUT2D eigenvalue weighted by molar-refractivity contribution is 5.90. The summed E-state index contributed by atoms with van der Waals surface area (Å²) in [6, 6.07) is 0.996. The van der Waals surface area contributed by atoms with Crippen LogP contribution in [-0.4, -0.2) is 17.0 Å². The number of carbonyl (C=O) groups is 1. The van der Waals surface area contributed by atoms with E-state index in [9.17, 15) is 23.7 Å². The fourth-order valence-corrected chi connectivity index (χ4v) is 1.22. The van der Waals surface area contributed by atoms with E-state index in [2.05, 4.69) is 0 Å². The summed E-state index contributed by atoms with van der Waals surface area (Å²) in [5, 5.41) is 10.5. The summed E-state index contributed by atoms with van der Waals surface area (Å²) in [6.45, 7) is 5.15. The Morgan fingerprint density at radius 3 is 2.37 bits per heavy atom. The van der Waals surface area contributed by atoms with Crippen LogP contribution in [0.4, 0.5) is 14.5 Å². The van der Waals surface area contributed by atoms with E-state index >= 15 is 0 Å². The van der Waals surface area contributed by atoms with Crippen molar-refractivity contribution in [3.63, 3.8) is 0 Å². The van der Waals surface area contributed by atoms with Crippen LogP contribution in [0, 0.1) is 27.7 Å². The van der Waals surface area contributed by atoms with Crippen molar-refractivity contribution in [2.45, 2.75) is 26.9 Å². The number of nitro groups is 1. The van der Waals surface area contributed by atoms with Gasteiger partial charge in [0.2, 0.25) is 5.82 Å². The fourth-order valence-electron chi connectivity index (χ4n) is 1.22. The number of rotatable bonds is 4. The summed E-state index contributed by atoms with van der Waals surface area (Å²) in [6.07, 6.45) is -0.519. The number of esters is 1. The molecule has 5 nitrogen and oxygen atoms in total. The third-order valence-electron chi connectivity index (χ3n) is 2.67. The summed E-state index contributed by atoms with van der Waals surface area (Å²) < 4.78 is 31.7. The Kier molecular flexibility index (Phi) is 4.52. The van der Waals surface area contributed by atoms with Gasteiger partial charge in [0.25, 0.3) is 0 Å². The van der Waals surface area contributed by atoms with Crippen LogP contribution in [0.1, 0.15) is 31.1 Å². The molecular formula is C12H13F2NO4. The Morgan fingerprint density at radius 2 is 1.89 bits per heavy atom. The van der Waals surface area contributed by atoms with Gasteiger partial charge in [0, 0.05) is 0 Å². The molecule has 0 aromatic heterocycles. The van der Waals surface area contributed by atoms with Gasteiger partial charge in [0.1, 0.15) is 17.5 Å². The molecule has 0 aliphatic rings. The molecule has 1 atom stereocenters. The van der Waals surface area contributed by atoms with Gasteiger partial charge in [-0.25, -0.2) is 9.18 Å². The van der Waals surface area contributed by atoms with Gasteiger partial charge in [0.05, 0.1) is 11.0 Å². The number of hydrogen-bond donors (Lipinski definition) is 0. The van der Waals surface area contributed by atoms with Gasteiger partial charge in [-0.3, -0.25) is 10.1 Å². The largest absolute Gasteiger partial charge is 0.459 e. The highest BCUT2D eigenvalue weighted by Gasteiger charge is 2.26. The van der Waals surface area contributed by atoms with E-state index in [1.807, 2.05) is 0 Å². The molecule has 7 heteroatoms. The Morgan fingerprint density at radius 1 is 1.32 bits per heavy atom. The van der Waals surface area contributed by atoms with Crippen LogP contribution < -0.4 is 0 Å². The van der Waals surface area contributed by atoms with E-state index < -0.39 is 39.9 Å². The van der Waals surface area contributed by atoms with Crippen molar-refractivity contribution in [2.24, 2.45) is 5.92 Å². The van der Waals surface area contributed by atoms with Gasteiger partial charge < -0.3 is 4.74 Å². The molecule has 0 bridgehead atoms. The second-order valence-corrected chi connectivity index (χ2v) is 4.40. The topological polar surface area (TPSA) is 69.4 Å². The maximum atomic E-state index is 13.7. The smallest absolute Gasteiger partial charge is 0.341 e. The van der Waals surface area contributed by atoms with Gasteiger partial charge in [-0.15, -0.1) is 0 Å². The number of carbonyl (C=O) groups excluding carboxylic acids is 1. The molecule has 1 aromatic carbocycles. The van der Waals surface area contributed by atoms with E-state index in [0.29, 0.717) is 12.1 Å². The number of benzene rings is 1. The first kappa shape index (κ1) is 15.0. The van der Waals surface area contributed by atoms with Crippen LogP contribution in [0.2, 0.25) is 0 Å². The molecule has 19 heavy (non-hydrogen) atoms. The number of nitro benzene ring substituents is 1. The van der Waals surface area contributed by atoms with Crippen LogP contribution in [0.15, 0.2) is 12.1 Å². The molecule has 0 spiro atoms. The lowest BCUT2D eigenvalue weighted by atomic mass is 10.1. The quantitative estimate of drug-likeness (QED) is 0.480. The third-order valence-corrected chi connectivity index (χ3v) is 2.67. The first-order valence-electron chi connectivity index (χ1n) is 5.58. The van der Waals surface area contributed by atoms with Crippen molar-refractivity contribution in [3.8, 4) is 0 Å². The zero-order chi connectivity index (χ0) is 14.7. The maximum Gasteiger partial charge on any atom is 0.341 e. The van der Waals surface area contributed by atoms with Gasteiger partial charge in [-0.2, -0.15) is 4.39 Å². The summed E-state index contributed by atoms with van der Waals surface area (Å²) in [5.74, 6) is -3.61. The van der Waals surface area contributed by atoms with Crippen molar-refractivity contribution in [2.75, 3.05) is 0 Å². The van der Waals surface area contributed by atoms with Crippen molar-refractivity contribution in [1.82, 2.24) is 0 Å². The maximum absolute atomic E-state index is 13.7. The van der Waals surface area contributed by atoms with E-state index in [4.69, 9.17) is 4.74 Å². The molecule has 0 fully saturated rings. The monoisotopic (exact) mass is 273 g/mol. The van der Waals surface area contributed by atoms with Crippen molar-refractivity contribution in [1.29, 1.82) is 0 Å². The predicted molar refractivity (Wildman–Crippen MR) is 62.7 cm³/mol. The lowest BCUT2D eigenvalue weighted by molar-refractivity contribution is -0.387. The minimum atomic E-state index is -1.40. The third kappa shape index (κ3) is 3.46. The van der Waals surface area contributed by atoms with Crippen molar-refractivity contribution < 1.29 is 23.2 Å². The molecule has 1 unspecified atom stereocenters. The molecular weight excluding hydrogens is 260 g/mol. The molecule has 0 saturated carbocycles. The van der Waals surface area contributed by atoms with Crippen LogP contribution in [0.3, 0.4) is 0 Å². The average Bonchev–Trinajstić information content (AvgIpc) is 2.30. The highest BCUT2D eigenvalue weighted by atomic mass is 19.1. The average molecular weight is 273 g/mol. The SMILES string of the molecule is CC(C)C(C)OC(=O)c1cc(F)cc([N+](=O)[O-])c1F. The Balaban J connectivity index is 3.13. The molecule has 1 rings (SSSR count). The zero-order valence-corrected chi connectivity index (χ0v) is 10.6. The predicted octanol–water partition coefficient (Wildman–Crippen LogP) is 3.07.